The Morgan fingerprint density at radius 2 is 1.85 bits per heavy atom. The first-order valence-electron chi connectivity index (χ1n) is 4.72. The molecule has 1 rings (SSSR count). The van der Waals surface area contributed by atoms with E-state index in [0.29, 0.717) is 5.75 Å². The van der Waals surface area contributed by atoms with Gasteiger partial charge in [0.2, 0.25) is 0 Å². The average Bonchev–Trinajstić information content (AvgIpc) is 2.17. The molecule has 0 aromatic heterocycles. The first-order valence-corrected chi connectivity index (χ1v) is 4.72. The summed E-state index contributed by atoms with van der Waals surface area (Å²) in [5, 5.41) is 9.43. The van der Waals surface area contributed by atoms with Gasteiger partial charge in [-0.05, 0) is 25.0 Å². The summed E-state index contributed by atoms with van der Waals surface area (Å²) in [5.74, 6) is 0.797. The van der Waals surface area contributed by atoms with E-state index in [4.69, 9.17) is 4.74 Å². The summed E-state index contributed by atoms with van der Waals surface area (Å²) in [6.45, 7) is 4.16. The van der Waals surface area contributed by atoms with Crippen LogP contribution in [-0.4, -0.2) is 11.2 Å². The van der Waals surface area contributed by atoms with Crippen molar-refractivity contribution in [3.05, 3.63) is 24.3 Å². The Morgan fingerprint density at radius 1 is 1.23 bits per heavy atom. The Kier molecular flexibility index (Phi) is 3.62. The molecule has 0 fully saturated rings. The molecule has 0 saturated carbocycles. The number of ether oxygens (including phenoxy) is 1. The maximum atomic E-state index is 9.43. The van der Waals surface area contributed by atoms with Gasteiger partial charge in [0.05, 0.1) is 6.10 Å². The van der Waals surface area contributed by atoms with Crippen LogP contribution in [0.2, 0.25) is 0 Å². The number of hydrogen-bond donors (Lipinski definition) is 1. The Balaban J connectivity index is 2.67. The molecular weight excluding hydrogens is 164 g/mol. The van der Waals surface area contributed by atoms with Crippen molar-refractivity contribution >= 4 is 0 Å². The molecule has 1 aromatic rings. The fourth-order valence-corrected chi connectivity index (χ4v) is 1.19. The summed E-state index contributed by atoms with van der Waals surface area (Å²) in [4.78, 5) is 0. The molecular formula is C11H16O2. The number of phenols is 1. The summed E-state index contributed by atoms with van der Waals surface area (Å²) in [5.41, 5.74) is 0. The molecule has 2 nitrogen and oxygen atoms in total. The molecule has 0 saturated heterocycles. The molecule has 72 valence electrons. The predicted molar refractivity (Wildman–Crippen MR) is 53.1 cm³/mol. The highest BCUT2D eigenvalue weighted by Crippen LogP contribution is 2.26. The zero-order valence-corrected chi connectivity index (χ0v) is 8.16. The number of phenolic OH excluding ortho intramolecular Hbond substituents is 1. The third-order valence-corrected chi connectivity index (χ3v) is 2.07. The largest absolute Gasteiger partial charge is 0.504 e. The average molecular weight is 180 g/mol. The van der Waals surface area contributed by atoms with E-state index in [1.165, 1.54) is 0 Å². The lowest BCUT2D eigenvalue weighted by Crippen LogP contribution is -2.13. The lowest BCUT2D eigenvalue weighted by molar-refractivity contribution is 0.186. The molecule has 0 heterocycles. The van der Waals surface area contributed by atoms with Gasteiger partial charge in [-0.15, -0.1) is 0 Å². The first kappa shape index (κ1) is 9.90. The monoisotopic (exact) mass is 180 g/mol. The maximum Gasteiger partial charge on any atom is 0.161 e. The maximum absolute atomic E-state index is 9.43. The van der Waals surface area contributed by atoms with Gasteiger partial charge in [-0.2, -0.15) is 0 Å². The lowest BCUT2D eigenvalue weighted by Gasteiger charge is -2.15. The highest BCUT2D eigenvalue weighted by Gasteiger charge is 2.07. The van der Waals surface area contributed by atoms with Crippen LogP contribution in [0, 0.1) is 0 Å². The highest BCUT2D eigenvalue weighted by molar-refractivity contribution is 5.38. The smallest absolute Gasteiger partial charge is 0.161 e. The predicted octanol–water partition coefficient (Wildman–Crippen LogP) is 2.96. The van der Waals surface area contributed by atoms with E-state index in [0.717, 1.165) is 12.8 Å². The molecule has 0 radical (unpaired) electrons. The first-order chi connectivity index (χ1) is 6.27. The van der Waals surface area contributed by atoms with Crippen LogP contribution >= 0.6 is 0 Å². The minimum absolute atomic E-state index is 0.202. The van der Waals surface area contributed by atoms with Gasteiger partial charge in [0.15, 0.2) is 11.5 Å². The molecule has 0 atom stereocenters. The SMILES string of the molecule is CCC(CC)Oc1ccccc1O. The number of benzene rings is 1. The topological polar surface area (TPSA) is 29.5 Å². The molecule has 0 bridgehead atoms. The van der Waals surface area contributed by atoms with Crippen molar-refractivity contribution in [2.24, 2.45) is 0 Å². The van der Waals surface area contributed by atoms with E-state index in [-0.39, 0.29) is 11.9 Å². The Hall–Kier alpha value is -1.18. The van der Waals surface area contributed by atoms with E-state index in [9.17, 15) is 5.11 Å². The van der Waals surface area contributed by atoms with Crippen molar-refractivity contribution < 1.29 is 9.84 Å². The zero-order valence-electron chi connectivity index (χ0n) is 8.16. The molecule has 13 heavy (non-hydrogen) atoms. The van der Waals surface area contributed by atoms with Crippen LogP contribution in [0.3, 0.4) is 0 Å². The van der Waals surface area contributed by atoms with E-state index in [1.54, 1.807) is 18.2 Å². The van der Waals surface area contributed by atoms with Crippen molar-refractivity contribution in [1.82, 2.24) is 0 Å². The molecule has 1 N–H and O–H groups in total. The van der Waals surface area contributed by atoms with Crippen LogP contribution in [-0.2, 0) is 0 Å². The van der Waals surface area contributed by atoms with Crippen LogP contribution in [0.1, 0.15) is 26.7 Å². The van der Waals surface area contributed by atoms with E-state index in [2.05, 4.69) is 13.8 Å². The third kappa shape index (κ3) is 2.65. The van der Waals surface area contributed by atoms with Crippen molar-refractivity contribution in [2.75, 3.05) is 0 Å². The van der Waals surface area contributed by atoms with Crippen LogP contribution in [0.5, 0.6) is 11.5 Å². The Bertz CT molecular complexity index is 254. The van der Waals surface area contributed by atoms with Gasteiger partial charge in [0, 0.05) is 0 Å². The van der Waals surface area contributed by atoms with Crippen molar-refractivity contribution in [3.63, 3.8) is 0 Å². The number of hydrogen-bond acceptors (Lipinski definition) is 2. The molecule has 0 aliphatic rings. The van der Waals surface area contributed by atoms with Crippen molar-refractivity contribution in [2.45, 2.75) is 32.8 Å². The number of aromatic hydroxyl groups is 1. The van der Waals surface area contributed by atoms with Crippen LogP contribution in [0.15, 0.2) is 24.3 Å². The van der Waals surface area contributed by atoms with Gasteiger partial charge in [0.1, 0.15) is 0 Å². The molecule has 0 amide bonds. The van der Waals surface area contributed by atoms with Gasteiger partial charge < -0.3 is 9.84 Å². The second kappa shape index (κ2) is 4.75. The van der Waals surface area contributed by atoms with Crippen molar-refractivity contribution in [3.8, 4) is 11.5 Å². The summed E-state index contributed by atoms with van der Waals surface area (Å²) in [6.07, 6.45) is 2.13. The molecule has 0 aliphatic carbocycles. The summed E-state index contributed by atoms with van der Waals surface area (Å²) >= 11 is 0. The quantitative estimate of drug-likeness (QED) is 0.771. The van der Waals surface area contributed by atoms with E-state index >= 15 is 0 Å². The highest BCUT2D eigenvalue weighted by atomic mass is 16.5. The molecule has 2 heteroatoms. The van der Waals surface area contributed by atoms with Gasteiger partial charge in [0.25, 0.3) is 0 Å². The normalized spacial score (nSPS) is 10.4. The molecule has 0 spiro atoms. The number of rotatable bonds is 4. The third-order valence-electron chi connectivity index (χ3n) is 2.07. The lowest BCUT2D eigenvalue weighted by atomic mass is 10.2. The second-order valence-electron chi connectivity index (χ2n) is 3.02. The second-order valence-corrected chi connectivity index (χ2v) is 3.02. The van der Waals surface area contributed by atoms with Gasteiger partial charge in [-0.1, -0.05) is 26.0 Å². The zero-order chi connectivity index (χ0) is 9.68. The van der Waals surface area contributed by atoms with E-state index in [1.807, 2.05) is 6.07 Å². The van der Waals surface area contributed by atoms with Crippen LogP contribution in [0.25, 0.3) is 0 Å². The van der Waals surface area contributed by atoms with Crippen LogP contribution in [0.4, 0.5) is 0 Å². The molecule has 0 aliphatic heterocycles. The summed E-state index contributed by atoms with van der Waals surface area (Å²) in [7, 11) is 0. The van der Waals surface area contributed by atoms with Gasteiger partial charge >= 0.3 is 0 Å². The Morgan fingerprint density at radius 3 is 2.38 bits per heavy atom. The fraction of sp³-hybridized carbons (Fsp3) is 0.455. The van der Waals surface area contributed by atoms with Crippen LogP contribution < -0.4 is 4.74 Å². The number of para-hydroxylation sites is 2. The molecule has 0 unspecified atom stereocenters. The summed E-state index contributed by atoms with van der Waals surface area (Å²) < 4.78 is 5.59. The van der Waals surface area contributed by atoms with Gasteiger partial charge in [-0.25, -0.2) is 0 Å². The van der Waals surface area contributed by atoms with E-state index < -0.39 is 0 Å². The van der Waals surface area contributed by atoms with Crippen molar-refractivity contribution in [1.29, 1.82) is 0 Å². The minimum atomic E-state index is 0.202. The summed E-state index contributed by atoms with van der Waals surface area (Å²) in [6, 6.07) is 7.07. The standard InChI is InChI=1S/C11H16O2/c1-3-9(4-2)13-11-8-6-5-7-10(11)12/h5-9,12H,3-4H2,1-2H3. The Labute approximate surface area is 79.2 Å². The minimum Gasteiger partial charge on any atom is -0.504 e. The van der Waals surface area contributed by atoms with Gasteiger partial charge in [-0.3, -0.25) is 0 Å². The fourth-order valence-electron chi connectivity index (χ4n) is 1.19. The molecule has 1 aromatic carbocycles.